The zero-order valence-electron chi connectivity index (χ0n) is 23.2. The Balaban J connectivity index is 0.000000909. The maximum atomic E-state index is 13.4. The van der Waals surface area contributed by atoms with Gasteiger partial charge in [-0.3, -0.25) is 19.2 Å². The van der Waals surface area contributed by atoms with Crippen molar-refractivity contribution in [3.63, 3.8) is 0 Å². The summed E-state index contributed by atoms with van der Waals surface area (Å²) in [6.07, 6.45) is 3.01. The number of carbonyl (C=O) groups excluding carboxylic acids is 3. The van der Waals surface area contributed by atoms with Crippen LogP contribution in [0.4, 0.5) is 0 Å². The standard InChI is InChI=1S/C27H31N5O5.C2H4O2/c1-36-16-26(34)32-13-21-18-5-4-6-20(11-18)37-10-3-2-9-31(15-25(33)30-24(21)14-32)27(35)19-7-8-22-23(12-19)29-17-28-22;1-2(3)4/h4-8,11-12,17,21,24H,2-3,9-10,13-16H2,1H3,(H,28,29)(H,30,33);1H3,(H,3,4)/t21-,24+;/m1./s1. The molecule has 0 saturated carbocycles. The van der Waals surface area contributed by atoms with Crippen LogP contribution in [0.3, 0.4) is 0 Å². The summed E-state index contributed by atoms with van der Waals surface area (Å²) in [6, 6.07) is 12.8. The Morgan fingerprint density at radius 2 is 1.93 bits per heavy atom. The molecule has 3 heterocycles. The van der Waals surface area contributed by atoms with Crippen LogP contribution in [0.2, 0.25) is 0 Å². The second kappa shape index (κ2) is 13.8. The van der Waals surface area contributed by atoms with Crippen molar-refractivity contribution in [3.8, 4) is 5.75 Å². The lowest BCUT2D eigenvalue weighted by Gasteiger charge is -2.26. The van der Waals surface area contributed by atoms with E-state index in [2.05, 4.69) is 15.3 Å². The van der Waals surface area contributed by atoms with Gasteiger partial charge >= 0.3 is 0 Å². The summed E-state index contributed by atoms with van der Waals surface area (Å²) >= 11 is 0. The van der Waals surface area contributed by atoms with E-state index >= 15 is 0 Å². The van der Waals surface area contributed by atoms with Gasteiger partial charge in [-0.2, -0.15) is 0 Å². The van der Waals surface area contributed by atoms with Crippen molar-refractivity contribution in [2.45, 2.75) is 31.7 Å². The second-order valence-corrected chi connectivity index (χ2v) is 10.0. The molecule has 2 bridgehead atoms. The van der Waals surface area contributed by atoms with Crippen molar-refractivity contribution in [1.82, 2.24) is 25.1 Å². The number of hydrogen-bond acceptors (Lipinski definition) is 7. The number of likely N-dealkylation sites (tertiary alicyclic amines) is 1. The van der Waals surface area contributed by atoms with Gasteiger partial charge in [-0.25, -0.2) is 4.98 Å². The number of rotatable bonds is 3. The Labute approximate surface area is 237 Å². The monoisotopic (exact) mass is 565 g/mol. The van der Waals surface area contributed by atoms with Crippen LogP contribution in [0.15, 0.2) is 48.8 Å². The molecule has 1 fully saturated rings. The Bertz CT molecular complexity index is 1390. The minimum Gasteiger partial charge on any atom is -0.494 e. The van der Waals surface area contributed by atoms with E-state index in [-0.39, 0.29) is 42.8 Å². The molecule has 0 unspecified atom stereocenters. The zero-order valence-corrected chi connectivity index (χ0v) is 23.2. The predicted molar refractivity (Wildman–Crippen MR) is 150 cm³/mol. The maximum Gasteiger partial charge on any atom is 0.300 e. The number of benzene rings is 2. The van der Waals surface area contributed by atoms with Gasteiger partial charge in [0.15, 0.2) is 0 Å². The van der Waals surface area contributed by atoms with Gasteiger partial charge in [0.1, 0.15) is 12.4 Å². The van der Waals surface area contributed by atoms with E-state index in [9.17, 15) is 14.4 Å². The number of carboxylic acid groups (broad SMARTS) is 1. The molecule has 0 aliphatic carbocycles. The normalized spacial score (nSPS) is 19.2. The topological polar surface area (TPSA) is 154 Å². The Morgan fingerprint density at radius 3 is 2.71 bits per heavy atom. The van der Waals surface area contributed by atoms with Crippen LogP contribution in [0.5, 0.6) is 5.75 Å². The van der Waals surface area contributed by atoms with E-state index < -0.39 is 5.97 Å². The highest BCUT2D eigenvalue weighted by molar-refractivity contribution is 5.99. The third kappa shape index (κ3) is 7.82. The van der Waals surface area contributed by atoms with Gasteiger partial charge in [-0.05, 0) is 48.7 Å². The average molecular weight is 566 g/mol. The molecule has 0 spiro atoms. The fourth-order valence-electron chi connectivity index (χ4n) is 5.07. The maximum absolute atomic E-state index is 13.4. The highest BCUT2D eigenvalue weighted by Crippen LogP contribution is 2.30. The zero-order chi connectivity index (χ0) is 29.4. The highest BCUT2D eigenvalue weighted by atomic mass is 16.5. The SMILES string of the molecule is CC(=O)O.COCC(=O)N1C[C@@H]2NC(=O)CN(C(=O)c3ccc4nc[nH]c4c3)CCCCOc3cccc(c3)[C@H]2C1. The molecule has 41 heavy (non-hydrogen) atoms. The average Bonchev–Trinajstić information content (AvgIpc) is 3.58. The number of fused-ring (bicyclic) bond motifs is 5. The predicted octanol–water partition coefficient (Wildman–Crippen LogP) is 2.03. The largest absolute Gasteiger partial charge is 0.494 e. The van der Waals surface area contributed by atoms with Gasteiger partial charge in [-0.1, -0.05) is 12.1 Å². The number of H-pyrrole nitrogens is 1. The number of nitrogens with one attached hydrogen (secondary N) is 2. The van der Waals surface area contributed by atoms with E-state index in [1.54, 1.807) is 34.3 Å². The van der Waals surface area contributed by atoms with Gasteiger partial charge in [0.2, 0.25) is 11.8 Å². The third-order valence-electron chi connectivity index (χ3n) is 6.95. The molecule has 3 N–H and O–H groups in total. The van der Waals surface area contributed by atoms with Crippen molar-refractivity contribution >= 4 is 34.7 Å². The van der Waals surface area contributed by atoms with Gasteiger partial charge in [0, 0.05) is 45.1 Å². The van der Waals surface area contributed by atoms with Crippen molar-refractivity contribution in [3.05, 3.63) is 59.9 Å². The number of imidazole rings is 1. The van der Waals surface area contributed by atoms with E-state index in [0.29, 0.717) is 38.2 Å². The molecule has 2 atom stereocenters. The number of ether oxygens (including phenoxy) is 2. The van der Waals surface area contributed by atoms with Crippen molar-refractivity contribution < 1.29 is 33.8 Å². The molecule has 12 heteroatoms. The molecule has 1 aromatic heterocycles. The van der Waals surface area contributed by atoms with E-state index in [1.807, 2.05) is 24.3 Å². The highest BCUT2D eigenvalue weighted by Gasteiger charge is 2.37. The number of nitrogens with zero attached hydrogens (tertiary/aromatic N) is 3. The van der Waals surface area contributed by atoms with E-state index in [4.69, 9.17) is 19.4 Å². The first kappa shape index (κ1) is 29.5. The van der Waals surface area contributed by atoms with E-state index in [1.165, 1.54) is 7.11 Å². The summed E-state index contributed by atoms with van der Waals surface area (Å²) in [5.74, 6) is -0.785. The molecule has 2 aromatic carbocycles. The van der Waals surface area contributed by atoms with Crippen LogP contribution < -0.4 is 10.1 Å². The number of aliphatic carboxylic acids is 1. The van der Waals surface area contributed by atoms with Crippen molar-refractivity contribution in [2.75, 3.05) is 46.5 Å². The van der Waals surface area contributed by atoms with Crippen molar-refractivity contribution in [2.24, 2.45) is 0 Å². The first-order valence-corrected chi connectivity index (χ1v) is 13.5. The summed E-state index contributed by atoms with van der Waals surface area (Å²) in [6.45, 7) is 2.75. The number of aromatic nitrogens is 2. The molecule has 0 radical (unpaired) electrons. The lowest BCUT2D eigenvalue weighted by atomic mass is 9.94. The lowest BCUT2D eigenvalue weighted by Crippen LogP contribution is -2.47. The fraction of sp³-hybridized carbons (Fsp3) is 0.414. The fourth-order valence-corrected chi connectivity index (χ4v) is 5.07. The summed E-state index contributed by atoms with van der Waals surface area (Å²) in [5.41, 5.74) is 3.03. The first-order valence-electron chi connectivity index (χ1n) is 13.5. The molecular formula is C29H35N5O7. The second-order valence-electron chi connectivity index (χ2n) is 10.0. The molecule has 2 aliphatic heterocycles. The minimum atomic E-state index is -0.833. The molecule has 3 aromatic rings. The smallest absolute Gasteiger partial charge is 0.300 e. The molecular weight excluding hydrogens is 530 g/mol. The third-order valence-corrected chi connectivity index (χ3v) is 6.95. The Kier molecular flexibility index (Phi) is 9.91. The molecule has 2 aliphatic rings. The number of aromatic amines is 1. The molecule has 12 nitrogen and oxygen atoms in total. The summed E-state index contributed by atoms with van der Waals surface area (Å²) in [7, 11) is 1.49. The van der Waals surface area contributed by atoms with Gasteiger partial charge in [0.05, 0.1) is 36.6 Å². The molecule has 5 rings (SSSR count). The van der Waals surface area contributed by atoms with Crippen LogP contribution in [0, 0.1) is 0 Å². The molecule has 3 amide bonds. The van der Waals surface area contributed by atoms with Crippen LogP contribution >= 0.6 is 0 Å². The lowest BCUT2D eigenvalue weighted by molar-refractivity contribution is -0.135. The number of carbonyl (C=O) groups is 4. The van der Waals surface area contributed by atoms with E-state index in [0.717, 1.165) is 35.7 Å². The molecule has 1 saturated heterocycles. The van der Waals surface area contributed by atoms with Crippen molar-refractivity contribution in [1.29, 1.82) is 0 Å². The summed E-state index contributed by atoms with van der Waals surface area (Å²) < 4.78 is 11.0. The van der Waals surface area contributed by atoms with Crippen LogP contribution in [-0.4, -0.2) is 101 Å². The molecule has 218 valence electrons. The van der Waals surface area contributed by atoms with Gasteiger partial charge < -0.3 is 34.7 Å². The minimum absolute atomic E-state index is 0.0144. The number of carboxylic acids is 1. The van der Waals surface area contributed by atoms with Gasteiger partial charge in [-0.15, -0.1) is 0 Å². The number of methoxy groups -OCH3 is 1. The summed E-state index contributed by atoms with van der Waals surface area (Å²) in [5, 5.41) is 10.5. The Hall–Kier alpha value is -4.45. The summed E-state index contributed by atoms with van der Waals surface area (Å²) in [4.78, 5) is 58.8. The van der Waals surface area contributed by atoms with Crippen LogP contribution in [0.25, 0.3) is 11.0 Å². The quantitative estimate of drug-likeness (QED) is 0.436. The Morgan fingerprint density at radius 1 is 1.12 bits per heavy atom. The first-order chi connectivity index (χ1) is 19.7. The number of amides is 3. The number of hydrogen-bond donors (Lipinski definition) is 3. The van der Waals surface area contributed by atoms with Gasteiger partial charge in [0.25, 0.3) is 11.9 Å². The van der Waals surface area contributed by atoms with Crippen LogP contribution in [-0.2, 0) is 19.1 Å². The van der Waals surface area contributed by atoms with Crippen LogP contribution in [0.1, 0.15) is 41.6 Å².